The summed E-state index contributed by atoms with van der Waals surface area (Å²) in [6.45, 7) is 12.2. The number of unbranched alkanes of at least 4 members (excludes halogenated alkanes) is 1. The first-order valence-corrected chi connectivity index (χ1v) is 10.7. The van der Waals surface area contributed by atoms with E-state index in [2.05, 4.69) is 6.92 Å². The van der Waals surface area contributed by atoms with Crippen LogP contribution >= 0.6 is 0 Å². The number of hydrogen-bond acceptors (Lipinski definition) is 5. The van der Waals surface area contributed by atoms with Gasteiger partial charge >= 0.3 is 6.09 Å². The largest absolute Gasteiger partial charge is 0.489 e. The molecule has 31 heavy (non-hydrogen) atoms. The number of nitrogens with zero attached hydrogens (tertiary/aromatic N) is 2. The zero-order valence-electron chi connectivity index (χ0n) is 19.7. The molecule has 7 heteroatoms. The number of fused-ring (bicyclic) bond motifs is 1. The van der Waals surface area contributed by atoms with E-state index < -0.39 is 11.7 Å². The van der Waals surface area contributed by atoms with Crippen LogP contribution in [0, 0.1) is 5.92 Å². The van der Waals surface area contributed by atoms with Crippen molar-refractivity contribution in [3.05, 3.63) is 34.1 Å². The molecule has 0 aliphatic heterocycles. The first-order chi connectivity index (χ1) is 14.5. The van der Waals surface area contributed by atoms with E-state index in [0.29, 0.717) is 41.1 Å². The molecule has 2 aromatic rings. The van der Waals surface area contributed by atoms with Gasteiger partial charge in [0.2, 0.25) is 0 Å². The topological polar surface area (TPSA) is 77.8 Å². The molecule has 7 nitrogen and oxygen atoms in total. The number of rotatable bonds is 8. The van der Waals surface area contributed by atoms with Gasteiger partial charge in [-0.15, -0.1) is 0 Å². The van der Waals surface area contributed by atoms with E-state index in [-0.39, 0.29) is 11.5 Å². The van der Waals surface area contributed by atoms with Crippen LogP contribution in [-0.4, -0.2) is 36.2 Å². The van der Waals surface area contributed by atoms with Crippen LogP contribution in [-0.2, 0) is 11.3 Å². The lowest BCUT2D eigenvalue weighted by molar-refractivity contribution is 0.0585. The highest BCUT2D eigenvalue weighted by Crippen LogP contribution is 2.36. The lowest BCUT2D eigenvalue weighted by Gasteiger charge is -2.29. The molecule has 1 amide bonds. The minimum Gasteiger partial charge on any atom is -0.489 e. The third kappa shape index (κ3) is 5.87. The highest BCUT2D eigenvalue weighted by atomic mass is 16.6. The van der Waals surface area contributed by atoms with Crippen molar-refractivity contribution in [2.75, 3.05) is 18.6 Å². The normalized spacial score (nSPS) is 11.6. The van der Waals surface area contributed by atoms with Crippen molar-refractivity contribution in [1.82, 2.24) is 4.57 Å². The molecule has 0 saturated heterocycles. The maximum Gasteiger partial charge on any atom is 0.415 e. The fourth-order valence-corrected chi connectivity index (χ4v) is 3.24. The number of benzene rings is 1. The number of aromatic nitrogens is 1. The van der Waals surface area contributed by atoms with Gasteiger partial charge < -0.3 is 9.47 Å². The molecule has 1 aromatic carbocycles. The summed E-state index contributed by atoms with van der Waals surface area (Å²) in [6.07, 6.45) is 1.89. The number of carbonyl (C=O) groups is 2. The van der Waals surface area contributed by atoms with Crippen molar-refractivity contribution in [2.24, 2.45) is 5.92 Å². The minimum atomic E-state index is -0.695. The van der Waals surface area contributed by atoms with Crippen LogP contribution in [0.25, 0.3) is 10.8 Å². The summed E-state index contributed by atoms with van der Waals surface area (Å²) >= 11 is 0. The molecule has 0 N–H and O–H groups in total. The molecule has 170 valence electrons. The Bertz CT molecular complexity index is 1000. The van der Waals surface area contributed by atoms with Crippen LogP contribution < -0.4 is 15.2 Å². The van der Waals surface area contributed by atoms with Gasteiger partial charge in [0.05, 0.1) is 12.0 Å². The van der Waals surface area contributed by atoms with Crippen LogP contribution in [0.2, 0.25) is 0 Å². The molecule has 0 bridgehead atoms. The van der Waals surface area contributed by atoms with Crippen molar-refractivity contribution in [3.8, 4) is 5.75 Å². The van der Waals surface area contributed by atoms with Gasteiger partial charge in [-0.1, -0.05) is 33.3 Å². The molecule has 0 aliphatic rings. The Kier molecular flexibility index (Phi) is 7.87. The average molecular weight is 431 g/mol. The molecule has 1 aromatic heterocycles. The zero-order valence-corrected chi connectivity index (χ0v) is 19.7. The van der Waals surface area contributed by atoms with E-state index >= 15 is 0 Å². The molecule has 2 rings (SSSR count). The molecule has 0 atom stereocenters. The second-order valence-corrected chi connectivity index (χ2v) is 9.13. The quantitative estimate of drug-likeness (QED) is 0.434. The third-order valence-electron chi connectivity index (χ3n) is 4.64. The van der Waals surface area contributed by atoms with Crippen LogP contribution in [0.3, 0.4) is 0 Å². The molecular weight excluding hydrogens is 396 g/mol. The number of pyridine rings is 1. The monoisotopic (exact) mass is 430 g/mol. The molecule has 0 radical (unpaired) electrons. The minimum absolute atomic E-state index is 0.152. The summed E-state index contributed by atoms with van der Waals surface area (Å²) in [7, 11) is 1.57. The van der Waals surface area contributed by atoms with Crippen LogP contribution in [0.5, 0.6) is 5.75 Å². The Balaban J connectivity index is 2.84. The van der Waals surface area contributed by atoms with Gasteiger partial charge in [-0.05, 0) is 45.2 Å². The van der Waals surface area contributed by atoms with Crippen molar-refractivity contribution in [2.45, 2.75) is 66.5 Å². The Morgan fingerprint density at radius 3 is 2.45 bits per heavy atom. The summed E-state index contributed by atoms with van der Waals surface area (Å²) < 4.78 is 13.3. The standard InChI is InChI=1S/C24H34N2O5/c1-8-9-12-30-20-19-13-17(15-27)10-11-18(19)22(28)26(14-16(2)3)21(20)25(7)23(29)31-24(4,5)6/h10-11,13,15-16H,8-9,12,14H2,1-7H3. The predicted molar refractivity (Wildman–Crippen MR) is 123 cm³/mol. The van der Waals surface area contributed by atoms with Gasteiger partial charge in [-0.25, -0.2) is 4.79 Å². The van der Waals surface area contributed by atoms with Gasteiger partial charge in [0, 0.05) is 24.5 Å². The van der Waals surface area contributed by atoms with E-state index in [1.54, 1.807) is 50.6 Å². The number of carbonyl (C=O) groups excluding carboxylic acids is 2. The molecular formula is C24H34N2O5. The highest BCUT2D eigenvalue weighted by molar-refractivity contribution is 5.99. The smallest absolute Gasteiger partial charge is 0.415 e. The second kappa shape index (κ2) is 9.98. The van der Waals surface area contributed by atoms with Crippen molar-refractivity contribution in [3.63, 3.8) is 0 Å². The molecule has 0 saturated carbocycles. The Morgan fingerprint density at radius 2 is 1.90 bits per heavy atom. The summed E-state index contributed by atoms with van der Waals surface area (Å²) in [6, 6.07) is 4.89. The van der Waals surface area contributed by atoms with E-state index in [9.17, 15) is 14.4 Å². The Labute approximate surface area is 183 Å². The molecule has 0 fully saturated rings. The van der Waals surface area contributed by atoms with E-state index in [1.807, 2.05) is 13.8 Å². The fraction of sp³-hybridized carbons (Fsp3) is 0.542. The maximum atomic E-state index is 13.4. The lowest BCUT2D eigenvalue weighted by Crippen LogP contribution is -2.38. The van der Waals surface area contributed by atoms with Gasteiger partial charge in [0.1, 0.15) is 11.9 Å². The molecule has 0 unspecified atom stereocenters. The Morgan fingerprint density at radius 1 is 1.23 bits per heavy atom. The van der Waals surface area contributed by atoms with Gasteiger partial charge in [0.15, 0.2) is 11.6 Å². The van der Waals surface area contributed by atoms with Crippen LogP contribution in [0.15, 0.2) is 23.0 Å². The van der Waals surface area contributed by atoms with Crippen molar-refractivity contribution < 1.29 is 19.1 Å². The van der Waals surface area contributed by atoms with Gasteiger partial charge in [0.25, 0.3) is 5.56 Å². The third-order valence-corrected chi connectivity index (χ3v) is 4.64. The number of ether oxygens (including phenoxy) is 2. The molecule has 0 aliphatic carbocycles. The van der Waals surface area contributed by atoms with Gasteiger partial charge in [-0.2, -0.15) is 0 Å². The fourth-order valence-electron chi connectivity index (χ4n) is 3.24. The average Bonchev–Trinajstić information content (AvgIpc) is 2.68. The Hall–Kier alpha value is -2.83. The van der Waals surface area contributed by atoms with Crippen LogP contribution in [0.1, 0.15) is 64.7 Å². The van der Waals surface area contributed by atoms with Crippen molar-refractivity contribution in [1.29, 1.82) is 0 Å². The maximum absolute atomic E-state index is 13.4. The molecule has 0 spiro atoms. The SMILES string of the molecule is CCCCOc1c(N(C)C(=O)OC(C)(C)C)n(CC(C)C)c(=O)c2ccc(C=O)cc12. The highest BCUT2D eigenvalue weighted by Gasteiger charge is 2.28. The van der Waals surface area contributed by atoms with Crippen LogP contribution in [0.4, 0.5) is 10.6 Å². The summed E-state index contributed by atoms with van der Waals surface area (Å²) in [4.78, 5) is 39.1. The predicted octanol–water partition coefficient (Wildman–Crippen LogP) is 5.02. The number of amides is 1. The summed E-state index contributed by atoms with van der Waals surface area (Å²) in [5.41, 5.74) is -0.506. The first-order valence-electron chi connectivity index (χ1n) is 10.7. The van der Waals surface area contributed by atoms with E-state index in [0.717, 1.165) is 19.1 Å². The van der Waals surface area contributed by atoms with Crippen molar-refractivity contribution >= 4 is 29.0 Å². The zero-order chi connectivity index (χ0) is 23.3. The first kappa shape index (κ1) is 24.4. The summed E-state index contributed by atoms with van der Waals surface area (Å²) in [5, 5.41) is 0.954. The van der Waals surface area contributed by atoms with Gasteiger partial charge in [-0.3, -0.25) is 19.1 Å². The number of hydrogen-bond donors (Lipinski definition) is 0. The lowest BCUT2D eigenvalue weighted by atomic mass is 10.1. The second-order valence-electron chi connectivity index (χ2n) is 9.13. The van der Waals surface area contributed by atoms with E-state index in [1.165, 1.54) is 4.90 Å². The number of anilines is 1. The number of aldehydes is 1. The summed E-state index contributed by atoms with van der Waals surface area (Å²) in [5.74, 6) is 0.888. The van der Waals surface area contributed by atoms with E-state index in [4.69, 9.17) is 9.47 Å². The molecule has 1 heterocycles.